The smallest absolute Gasteiger partial charge is 0.306 e. The van der Waals surface area contributed by atoms with Crippen molar-refractivity contribution in [3.63, 3.8) is 0 Å². The number of nitrogens with one attached hydrogen (secondary N) is 1. The molecule has 1 saturated heterocycles. The summed E-state index contributed by atoms with van der Waals surface area (Å²) in [7, 11) is 0. The van der Waals surface area contributed by atoms with E-state index in [9.17, 15) is 19.6 Å². The average Bonchev–Trinajstić information content (AvgIpc) is 2.95. The number of nitrogens with two attached hydrogens (primary N) is 1. The van der Waals surface area contributed by atoms with Gasteiger partial charge in [-0.3, -0.25) is 14.4 Å². The Hall–Kier alpha value is -3.94. The first-order chi connectivity index (χ1) is 19.0. The van der Waals surface area contributed by atoms with Gasteiger partial charge in [0.2, 0.25) is 5.91 Å². The van der Waals surface area contributed by atoms with E-state index in [1.165, 1.54) is 24.9 Å². The Bertz CT molecular complexity index is 1200. The molecule has 10 heteroatoms. The minimum Gasteiger partial charge on any atom is -0.463 e. The largest absolute Gasteiger partial charge is 0.463 e. The number of esters is 1. The maximum atomic E-state index is 12.5. The fraction of sp³-hybridized carbons (Fsp3) is 0.448. The van der Waals surface area contributed by atoms with E-state index in [1.807, 2.05) is 24.3 Å². The lowest BCUT2D eigenvalue weighted by Crippen LogP contribution is -2.29. The number of primary amides is 1. The van der Waals surface area contributed by atoms with Crippen molar-refractivity contribution in [3.05, 3.63) is 47.5 Å². The van der Waals surface area contributed by atoms with Crippen molar-refractivity contribution in [2.24, 2.45) is 5.73 Å². The number of ether oxygens (including phenoxy) is 3. The Balaban J connectivity index is 1.34. The van der Waals surface area contributed by atoms with Crippen molar-refractivity contribution in [2.75, 3.05) is 57.6 Å². The van der Waals surface area contributed by atoms with E-state index in [4.69, 9.17) is 19.9 Å². The molecule has 0 radical (unpaired) electrons. The molecule has 0 bridgehead atoms. The summed E-state index contributed by atoms with van der Waals surface area (Å²) in [5.41, 5.74) is 7.00. The highest BCUT2D eigenvalue weighted by molar-refractivity contribution is 6.02. The van der Waals surface area contributed by atoms with Gasteiger partial charge in [0.1, 0.15) is 18.2 Å². The standard InChI is InChI=1S/C29H36N4O6/c30-21-25(29(36)32-10-13-37-14-15-38-16-17-39-28(35)9-8-27(31)34)19-22-4-5-24-20-26(7-6-23(24)18-22)33-11-2-1-3-12-33/h4-7,18-20H,1-3,8-17H2,(H2,31,34)(H,32,36)/b25-19+. The van der Waals surface area contributed by atoms with Crippen molar-refractivity contribution in [1.82, 2.24) is 5.32 Å². The summed E-state index contributed by atoms with van der Waals surface area (Å²) < 4.78 is 15.6. The van der Waals surface area contributed by atoms with Crippen LogP contribution in [0.3, 0.4) is 0 Å². The molecule has 0 saturated carbocycles. The highest BCUT2D eigenvalue weighted by atomic mass is 16.6. The minimum absolute atomic E-state index is 0.0213. The molecule has 0 aromatic heterocycles. The van der Waals surface area contributed by atoms with Crippen LogP contribution < -0.4 is 16.0 Å². The number of rotatable bonds is 15. The molecule has 2 aromatic carbocycles. The molecule has 39 heavy (non-hydrogen) atoms. The SMILES string of the molecule is N#C/C(=C\c1ccc2cc(N3CCCCC3)ccc2c1)C(=O)NCCOCCOCCOC(=O)CCC(N)=O. The minimum atomic E-state index is -0.553. The van der Waals surface area contributed by atoms with Crippen LogP contribution in [-0.4, -0.2) is 70.5 Å². The summed E-state index contributed by atoms with van der Waals surface area (Å²) in [6.07, 6.45) is 5.24. The molecule has 1 aliphatic rings. The number of piperidine rings is 1. The first kappa shape index (κ1) is 29.6. The number of carbonyl (C=O) groups excluding carboxylic acids is 3. The summed E-state index contributed by atoms with van der Waals surface area (Å²) >= 11 is 0. The molecule has 0 aliphatic carbocycles. The summed E-state index contributed by atoms with van der Waals surface area (Å²) in [6, 6.07) is 14.3. The number of nitrogens with zero attached hydrogens (tertiary/aromatic N) is 2. The number of amides is 2. The zero-order valence-electron chi connectivity index (χ0n) is 22.2. The van der Waals surface area contributed by atoms with Gasteiger partial charge in [0.05, 0.1) is 32.8 Å². The van der Waals surface area contributed by atoms with Crippen LogP contribution in [0.2, 0.25) is 0 Å². The lowest BCUT2D eigenvalue weighted by molar-refractivity contribution is -0.146. The van der Waals surface area contributed by atoms with Gasteiger partial charge in [-0.15, -0.1) is 0 Å². The molecule has 3 rings (SSSR count). The molecular weight excluding hydrogens is 500 g/mol. The van der Waals surface area contributed by atoms with Crippen LogP contribution in [0.5, 0.6) is 0 Å². The second-order valence-electron chi connectivity index (χ2n) is 9.18. The fourth-order valence-corrected chi connectivity index (χ4v) is 4.17. The highest BCUT2D eigenvalue weighted by Crippen LogP contribution is 2.26. The molecule has 1 aliphatic heterocycles. The van der Waals surface area contributed by atoms with Crippen molar-refractivity contribution < 1.29 is 28.6 Å². The molecule has 0 unspecified atom stereocenters. The average molecular weight is 537 g/mol. The van der Waals surface area contributed by atoms with E-state index in [0.717, 1.165) is 29.4 Å². The summed E-state index contributed by atoms with van der Waals surface area (Å²) in [5.74, 6) is -1.52. The molecule has 10 nitrogen and oxygen atoms in total. The Morgan fingerprint density at radius 3 is 2.36 bits per heavy atom. The van der Waals surface area contributed by atoms with Gasteiger partial charge in [0.25, 0.3) is 5.91 Å². The third kappa shape index (κ3) is 10.4. The number of hydrogen-bond donors (Lipinski definition) is 2. The zero-order chi connectivity index (χ0) is 27.9. The van der Waals surface area contributed by atoms with E-state index in [-0.39, 0.29) is 51.4 Å². The van der Waals surface area contributed by atoms with Gasteiger partial charge >= 0.3 is 5.97 Å². The Labute approximate surface area is 228 Å². The number of anilines is 1. The van der Waals surface area contributed by atoms with E-state index in [1.54, 1.807) is 6.08 Å². The number of nitriles is 1. The van der Waals surface area contributed by atoms with Crippen LogP contribution >= 0.6 is 0 Å². The lowest BCUT2D eigenvalue weighted by Gasteiger charge is -2.29. The van der Waals surface area contributed by atoms with Crippen molar-refractivity contribution in [1.29, 1.82) is 5.26 Å². The van der Waals surface area contributed by atoms with Crippen LogP contribution in [0, 0.1) is 11.3 Å². The topological polar surface area (TPSA) is 144 Å². The first-order valence-corrected chi connectivity index (χ1v) is 13.2. The molecule has 2 aromatic rings. The molecule has 208 valence electrons. The molecule has 0 atom stereocenters. The zero-order valence-corrected chi connectivity index (χ0v) is 22.2. The Morgan fingerprint density at radius 2 is 1.62 bits per heavy atom. The highest BCUT2D eigenvalue weighted by Gasteiger charge is 2.12. The number of fused-ring (bicyclic) bond motifs is 1. The number of carbonyl (C=O) groups is 3. The third-order valence-electron chi connectivity index (χ3n) is 6.22. The lowest BCUT2D eigenvalue weighted by atomic mass is 10.0. The predicted molar refractivity (Wildman–Crippen MR) is 148 cm³/mol. The Kier molecular flexibility index (Phi) is 12.2. The van der Waals surface area contributed by atoms with Crippen LogP contribution in [-0.2, 0) is 28.6 Å². The van der Waals surface area contributed by atoms with Gasteiger partial charge < -0.3 is 30.2 Å². The summed E-state index contributed by atoms with van der Waals surface area (Å²) in [5, 5.41) is 14.4. The molecular formula is C29H36N4O6. The predicted octanol–water partition coefficient (Wildman–Crippen LogP) is 2.70. The van der Waals surface area contributed by atoms with Gasteiger partial charge in [-0.1, -0.05) is 18.2 Å². The van der Waals surface area contributed by atoms with E-state index in [2.05, 4.69) is 28.4 Å². The maximum Gasteiger partial charge on any atom is 0.306 e. The van der Waals surface area contributed by atoms with Crippen molar-refractivity contribution in [2.45, 2.75) is 32.1 Å². The molecule has 0 spiro atoms. The van der Waals surface area contributed by atoms with Gasteiger partial charge in [0, 0.05) is 31.7 Å². The monoisotopic (exact) mass is 536 g/mol. The van der Waals surface area contributed by atoms with Crippen LogP contribution in [0.1, 0.15) is 37.7 Å². The number of hydrogen-bond acceptors (Lipinski definition) is 8. The van der Waals surface area contributed by atoms with Crippen LogP contribution in [0.4, 0.5) is 5.69 Å². The maximum absolute atomic E-state index is 12.5. The molecule has 2 amide bonds. The normalized spacial score (nSPS) is 13.6. The van der Waals surface area contributed by atoms with Gasteiger partial charge in [-0.2, -0.15) is 5.26 Å². The van der Waals surface area contributed by atoms with Crippen molar-refractivity contribution in [3.8, 4) is 6.07 Å². The van der Waals surface area contributed by atoms with Crippen molar-refractivity contribution >= 4 is 40.3 Å². The quantitative estimate of drug-likeness (QED) is 0.153. The van der Waals surface area contributed by atoms with Crippen LogP contribution in [0.15, 0.2) is 42.0 Å². The summed E-state index contributed by atoms with van der Waals surface area (Å²) in [4.78, 5) is 36.8. The fourth-order valence-electron chi connectivity index (χ4n) is 4.17. The number of benzene rings is 2. The Morgan fingerprint density at radius 1 is 0.923 bits per heavy atom. The second-order valence-corrected chi connectivity index (χ2v) is 9.18. The van der Waals surface area contributed by atoms with Gasteiger partial charge in [-0.05, 0) is 59.9 Å². The molecule has 3 N–H and O–H groups in total. The third-order valence-corrected chi connectivity index (χ3v) is 6.22. The molecule has 1 fully saturated rings. The van der Waals surface area contributed by atoms with E-state index in [0.29, 0.717) is 6.61 Å². The van der Waals surface area contributed by atoms with E-state index < -0.39 is 17.8 Å². The summed E-state index contributed by atoms with van der Waals surface area (Å²) in [6.45, 7) is 3.54. The van der Waals surface area contributed by atoms with E-state index >= 15 is 0 Å². The molecule has 1 heterocycles. The first-order valence-electron chi connectivity index (χ1n) is 13.2. The van der Waals surface area contributed by atoms with Crippen LogP contribution in [0.25, 0.3) is 16.8 Å². The second kappa shape index (κ2) is 16.1. The van der Waals surface area contributed by atoms with Gasteiger partial charge in [-0.25, -0.2) is 0 Å². The van der Waals surface area contributed by atoms with Gasteiger partial charge in [0.15, 0.2) is 0 Å².